The fourth-order valence-corrected chi connectivity index (χ4v) is 3.63. The maximum absolute atomic E-state index is 14.0. The number of rotatable bonds is 4. The van der Waals surface area contributed by atoms with E-state index in [1.165, 1.54) is 6.07 Å². The van der Waals surface area contributed by atoms with Crippen molar-refractivity contribution in [2.45, 2.75) is 26.8 Å². The number of halogens is 1. The summed E-state index contributed by atoms with van der Waals surface area (Å²) in [5.41, 5.74) is 0.964. The second-order valence-electron chi connectivity index (χ2n) is 7.88. The topological polar surface area (TPSA) is 63.9 Å². The highest BCUT2D eigenvalue weighted by Crippen LogP contribution is 2.30. The van der Waals surface area contributed by atoms with Gasteiger partial charge in [-0.25, -0.2) is 9.18 Å². The number of fused-ring (bicyclic) bond motifs is 1. The van der Waals surface area contributed by atoms with E-state index in [0.717, 1.165) is 12.1 Å². The Morgan fingerprint density at radius 2 is 1.82 bits per heavy atom. The summed E-state index contributed by atoms with van der Waals surface area (Å²) < 4.78 is 15.7. The van der Waals surface area contributed by atoms with E-state index in [0.29, 0.717) is 36.8 Å². The van der Waals surface area contributed by atoms with Crippen molar-refractivity contribution in [1.29, 1.82) is 0 Å². The Morgan fingerprint density at radius 1 is 1.07 bits per heavy atom. The van der Waals surface area contributed by atoms with Gasteiger partial charge in [-0.05, 0) is 30.2 Å². The molecule has 0 amide bonds. The lowest BCUT2D eigenvalue weighted by Crippen LogP contribution is -2.48. The van der Waals surface area contributed by atoms with E-state index in [1.807, 2.05) is 6.07 Å². The molecule has 0 fully saturated rings. The van der Waals surface area contributed by atoms with Crippen molar-refractivity contribution >= 4 is 5.95 Å². The zero-order valence-electron chi connectivity index (χ0n) is 16.0. The van der Waals surface area contributed by atoms with Crippen LogP contribution in [0.25, 0.3) is 11.4 Å². The van der Waals surface area contributed by atoms with E-state index in [9.17, 15) is 9.18 Å². The van der Waals surface area contributed by atoms with Crippen LogP contribution in [0.5, 0.6) is 0 Å². The smallest absolute Gasteiger partial charge is 0.341 e. The molecule has 0 spiro atoms. The highest BCUT2D eigenvalue weighted by Gasteiger charge is 2.32. The lowest BCUT2D eigenvalue weighted by atomic mass is 9.91. The van der Waals surface area contributed by atoms with Gasteiger partial charge in [0, 0.05) is 43.0 Å². The molecule has 28 heavy (non-hydrogen) atoms. The summed E-state index contributed by atoms with van der Waals surface area (Å²) in [6.45, 7) is 6.06. The first-order valence-electron chi connectivity index (χ1n) is 9.31. The van der Waals surface area contributed by atoms with Gasteiger partial charge in [-0.2, -0.15) is 9.97 Å². The minimum absolute atomic E-state index is 0.117. The Kier molecular flexibility index (Phi) is 4.66. The van der Waals surface area contributed by atoms with Gasteiger partial charge in [0.1, 0.15) is 5.82 Å². The fourth-order valence-electron chi connectivity index (χ4n) is 3.63. The first-order valence-corrected chi connectivity index (χ1v) is 9.31. The average Bonchev–Trinajstić information content (AvgIpc) is 2.68. The zero-order valence-corrected chi connectivity index (χ0v) is 16.0. The van der Waals surface area contributed by atoms with Crippen LogP contribution in [0.1, 0.15) is 19.4 Å². The van der Waals surface area contributed by atoms with Crippen molar-refractivity contribution in [1.82, 2.24) is 19.5 Å². The minimum atomic E-state index is -0.319. The molecular weight excluding hydrogens is 357 g/mol. The first kappa shape index (κ1) is 18.3. The number of pyridine rings is 1. The van der Waals surface area contributed by atoms with Crippen LogP contribution >= 0.6 is 0 Å². The summed E-state index contributed by atoms with van der Waals surface area (Å²) in [6.07, 6.45) is 3.83. The monoisotopic (exact) mass is 379 g/mol. The predicted molar refractivity (Wildman–Crippen MR) is 106 cm³/mol. The van der Waals surface area contributed by atoms with Gasteiger partial charge < -0.3 is 4.90 Å². The van der Waals surface area contributed by atoms with Crippen LogP contribution in [0.4, 0.5) is 10.3 Å². The number of nitrogens with zero attached hydrogens (tertiary/aromatic N) is 5. The molecule has 0 unspecified atom stereocenters. The molecule has 3 aromatic rings. The quantitative estimate of drug-likeness (QED) is 0.697. The molecule has 1 aliphatic heterocycles. The van der Waals surface area contributed by atoms with Crippen molar-refractivity contribution in [2.24, 2.45) is 5.41 Å². The Balaban J connectivity index is 1.71. The molecule has 0 radical (unpaired) electrons. The van der Waals surface area contributed by atoms with E-state index in [-0.39, 0.29) is 16.9 Å². The largest absolute Gasteiger partial charge is 0.352 e. The third kappa shape index (κ3) is 3.65. The van der Waals surface area contributed by atoms with Crippen molar-refractivity contribution in [2.75, 3.05) is 18.0 Å². The molecule has 4 rings (SSSR count). The van der Waals surface area contributed by atoms with Gasteiger partial charge in [0.05, 0.1) is 0 Å². The Bertz CT molecular complexity index is 1050. The van der Waals surface area contributed by atoms with Gasteiger partial charge in [0.15, 0.2) is 5.82 Å². The molecular formula is C21H22FN5O. The minimum Gasteiger partial charge on any atom is -0.341 e. The van der Waals surface area contributed by atoms with Gasteiger partial charge in [-0.1, -0.05) is 32.0 Å². The molecule has 1 aromatic carbocycles. The van der Waals surface area contributed by atoms with Crippen LogP contribution in [0, 0.1) is 11.2 Å². The SMILES string of the molecule is CC1(C)CN(CCc2ccccc2F)c2nc(-c3ccncc3)nc(=O)n2C1. The zero-order chi connectivity index (χ0) is 19.7. The standard InChI is InChI=1S/C21H22FN5O/c1-21(2)13-26(12-9-15-5-3-4-6-17(15)22)19-24-18(16-7-10-23-11-8-16)25-20(28)27(19)14-21/h3-8,10-11H,9,12-14H2,1-2H3. The van der Waals surface area contributed by atoms with Gasteiger partial charge in [-0.15, -0.1) is 0 Å². The lowest BCUT2D eigenvalue weighted by Gasteiger charge is -2.40. The van der Waals surface area contributed by atoms with Crippen LogP contribution in [-0.2, 0) is 13.0 Å². The fraction of sp³-hybridized carbons (Fsp3) is 0.333. The molecule has 2 aromatic heterocycles. The van der Waals surface area contributed by atoms with Crippen LogP contribution in [-0.4, -0.2) is 32.6 Å². The van der Waals surface area contributed by atoms with Crippen LogP contribution in [0.2, 0.25) is 0 Å². The molecule has 7 heteroatoms. The summed E-state index contributed by atoms with van der Waals surface area (Å²) in [5, 5.41) is 0. The number of hydrogen-bond donors (Lipinski definition) is 0. The highest BCUT2D eigenvalue weighted by molar-refractivity contribution is 5.55. The summed E-state index contributed by atoms with van der Waals surface area (Å²) in [4.78, 5) is 27.6. The molecule has 0 N–H and O–H groups in total. The van der Waals surface area contributed by atoms with Crippen molar-refractivity contribution in [3.05, 3.63) is 70.7 Å². The average molecular weight is 379 g/mol. The summed E-state index contributed by atoms with van der Waals surface area (Å²) in [6, 6.07) is 10.3. The van der Waals surface area contributed by atoms with Crippen LogP contribution in [0.3, 0.4) is 0 Å². The van der Waals surface area contributed by atoms with Gasteiger partial charge in [0.25, 0.3) is 0 Å². The maximum atomic E-state index is 14.0. The predicted octanol–water partition coefficient (Wildman–Crippen LogP) is 2.93. The normalized spacial score (nSPS) is 15.3. The molecule has 3 heterocycles. The number of benzene rings is 1. The number of aromatic nitrogens is 4. The van der Waals surface area contributed by atoms with Crippen molar-refractivity contribution in [3.63, 3.8) is 0 Å². The van der Waals surface area contributed by atoms with Gasteiger partial charge in [0.2, 0.25) is 5.95 Å². The summed E-state index contributed by atoms with van der Waals surface area (Å²) in [7, 11) is 0. The molecule has 6 nitrogen and oxygen atoms in total. The third-order valence-electron chi connectivity index (χ3n) is 4.92. The van der Waals surface area contributed by atoms with E-state index in [1.54, 1.807) is 41.2 Å². The van der Waals surface area contributed by atoms with E-state index in [4.69, 9.17) is 0 Å². The Labute approximate surface area is 162 Å². The number of hydrogen-bond acceptors (Lipinski definition) is 5. The summed E-state index contributed by atoms with van der Waals surface area (Å²) in [5.74, 6) is 0.757. The molecule has 0 aliphatic carbocycles. The molecule has 0 saturated carbocycles. The lowest BCUT2D eigenvalue weighted by molar-refractivity contribution is 0.272. The molecule has 0 saturated heterocycles. The second kappa shape index (κ2) is 7.14. The van der Waals surface area contributed by atoms with Crippen LogP contribution < -0.4 is 10.6 Å². The second-order valence-corrected chi connectivity index (χ2v) is 7.88. The van der Waals surface area contributed by atoms with Gasteiger partial charge in [-0.3, -0.25) is 9.55 Å². The molecule has 1 aliphatic rings. The summed E-state index contributed by atoms with van der Waals surface area (Å²) >= 11 is 0. The van der Waals surface area contributed by atoms with E-state index >= 15 is 0 Å². The molecule has 144 valence electrons. The van der Waals surface area contributed by atoms with Crippen molar-refractivity contribution < 1.29 is 4.39 Å². The Hall–Kier alpha value is -3.09. The molecule has 0 atom stereocenters. The van der Waals surface area contributed by atoms with Crippen molar-refractivity contribution in [3.8, 4) is 11.4 Å². The number of anilines is 1. The first-order chi connectivity index (χ1) is 13.4. The Morgan fingerprint density at radius 3 is 2.57 bits per heavy atom. The molecule has 0 bridgehead atoms. The third-order valence-corrected chi connectivity index (χ3v) is 4.92. The van der Waals surface area contributed by atoms with Crippen LogP contribution in [0.15, 0.2) is 53.6 Å². The van der Waals surface area contributed by atoms with E-state index in [2.05, 4.69) is 33.7 Å². The highest BCUT2D eigenvalue weighted by atomic mass is 19.1. The van der Waals surface area contributed by atoms with Gasteiger partial charge >= 0.3 is 5.69 Å². The van der Waals surface area contributed by atoms with E-state index < -0.39 is 0 Å². The maximum Gasteiger partial charge on any atom is 0.352 e.